The third-order valence-electron chi connectivity index (χ3n) is 4.38. The zero-order chi connectivity index (χ0) is 19.8. The van der Waals surface area contributed by atoms with Crippen LogP contribution in [0.2, 0.25) is 0 Å². The Morgan fingerprint density at radius 1 is 1.22 bits per heavy atom. The summed E-state index contributed by atoms with van der Waals surface area (Å²) >= 11 is 0. The van der Waals surface area contributed by atoms with Gasteiger partial charge in [0.05, 0.1) is 22.9 Å². The van der Waals surface area contributed by atoms with Crippen molar-refractivity contribution < 1.29 is 22.7 Å². The molecule has 0 bridgehead atoms. The number of likely N-dealkylation sites (N-methyl/N-ethyl adjacent to an activating group) is 1. The van der Waals surface area contributed by atoms with Crippen LogP contribution in [0.15, 0.2) is 35.2 Å². The number of nitrogens with zero attached hydrogens (tertiary/aromatic N) is 1. The number of anilines is 2. The zero-order valence-electron chi connectivity index (χ0n) is 15.7. The van der Waals surface area contributed by atoms with E-state index < -0.39 is 10.0 Å². The Labute approximate surface area is 158 Å². The van der Waals surface area contributed by atoms with Gasteiger partial charge in [0.25, 0.3) is 15.9 Å². The van der Waals surface area contributed by atoms with Crippen LogP contribution in [0.4, 0.5) is 11.4 Å². The van der Waals surface area contributed by atoms with Gasteiger partial charge in [-0.1, -0.05) is 6.07 Å². The van der Waals surface area contributed by atoms with Gasteiger partial charge in [-0.25, -0.2) is 8.42 Å². The molecule has 0 fully saturated rings. The molecule has 0 atom stereocenters. The Kier molecular flexibility index (Phi) is 5.01. The Morgan fingerprint density at radius 2 is 1.96 bits per heavy atom. The van der Waals surface area contributed by atoms with Crippen LogP contribution in [-0.2, 0) is 14.8 Å². The highest BCUT2D eigenvalue weighted by Crippen LogP contribution is 2.39. The van der Waals surface area contributed by atoms with Crippen LogP contribution in [0.3, 0.4) is 0 Å². The van der Waals surface area contributed by atoms with E-state index in [1.165, 1.54) is 4.90 Å². The molecule has 0 saturated heterocycles. The van der Waals surface area contributed by atoms with Crippen LogP contribution in [0.1, 0.15) is 18.1 Å². The first-order valence-electron chi connectivity index (χ1n) is 8.54. The summed E-state index contributed by atoms with van der Waals surface area (Å²) in [4.78, 5) is 13.4. The fourth-order valence-corrected chi connectivity index (χ4v) is 4.32. The molecule has 0 unspecified atom stereocenters. The van der Waals surface area contributed by atoms with E-state index in [1.54, 1.807) is 51.2 Å². The number of amides is 1. The van der Waals surface area contributed by atoms with Crippen LogP contribution in [-0.4, -0.2) is 34.6 Å². The van der Waals surface area contributed by atoms with Crippen molar-refractivity contribution in [2.75, 3.05) is 29.9 Å². The third kappa shape index (κ3) is 3.57. The van der Waals surface area contributed by atoms with Gasteiger partial charge in [-0.2, -0.15) is 0 Å². The van der Waals surface area contributed by atoms with Gasteiger partial charge in [0.15, 0.2) is 12.4 Å². The molecule has 2 aromatic carbocycles. The molecule has 2 aromatic rings. The van der Waals surface area contributed by atoms with Crippen LogP contribution in [0.25, 0.3) is 0 Å². The maximum atomic E-state index is 13.0. The number of rotatable bonds is 5. The summed E-state index contributed by atoms with van der Waals surface area (Å²) in [5, 5.41) is 0. The summed E-state index contributed by atoms with van der Waals surface area (Å²) < 4.78 is 39.6. The van der Waals surface area contributed by atoms with Crippen molar-refractivity contribution in [3.05, 3.63) is 41.5 Å². The fourth-order valence-electron chi connectivity index (χ4n) is 2.95. The molecule has 0 saturated carbocycles. The topological polar surface area (TPSA) is 84.9 Å². The molecule has 1 aliphatic rings. The highest BCUT2D eigenvalue weighted by atomic mass is 32.2. The number of sulfonamides is 1. The maximum absolute atomic E-state index is 13.0. The van der Waals surface area contributed by atoms with E-state index in [2.05, 4.69) is 4.72 Å². The summed E-state index contributed by atoms with van der Waals surface area (Å²) in [5.41, 5.74) is 2.12. The highest BCUT2D eigenvalue weighted by Gasteiger charge is 2.27. The number of ether oxygens (including phenoxy) is 2. The average Bonchev–Trinajstić information content (AvgIpc) is 2.61. The molecule has 0 spiro atoms. The van der Waals surface area contributed by atoms with Crippen LogP contribution >= 0.6 is 0 Å². The summed E-state index contributed by atoms with van der Waals surface area (Å²) in [6.45, 7) is 5.77. The van der Waals surface area contributed by atoms with Crippen molar-refractivity contribution in [3.63, 3.8) is 0 Å². The van der Waals surface area contributed by atoms with Crippen LogP contribution < -0.4 is 19.1 Å². The third-order valence-corrected chi connectivity index (χ3v) is 5.88. The highest BCUT2D eigenvalue weighted by molar-refractivity contribution is 7.92. The normalized spacial score (nSPS) is 13.8. The molecular weight excluding hydrogens is 368 g/mol. The minimum atomic E-state index is -3.85. The Hall–Kier alpha value is -2.74. The Bertz CT molecular complexity index is 1000. The number of hydrogen-bond acceptors (Lipinski definition) is 5. The number of carbonyl (C=O) groups excluding carboxylic acids is 1. The summed E-state index contributed by atoms with van der Waals surface area (Å²) in [5.74, 6) is 0.804. The molecule has 3 rings (SSSR count). The summed E-state index contributed by atoms with van der Waals surface area (Å²) in [6, 6.07) is 8.30. The minimum Gasteiger partial charge on any atom is -0.494 e. The Balaban J connectivity index is 1.99. The summed E-state index contributed by atoms with van der Waals surface area (Å²) in [7, 11) is -2.22. The largest absolute Gasteiger partial charge is 0.494 e. The van der Waals surface area contributed by atoms with Crippen molar-refractivity contribution in [1.29, 1.82) is 0 Å². The number of hydrogen-bond donors (Lipinski definition) is 1. The number of benzene rings is 2. The maximum Gasteiger partial charge on any atom is 0.264 e. The molecule has 0 radical (unpaired) electrons. The molecule has 1 N–H and O–H groups in total. The smallest absolute Gasteiger partial charge is 0.264 e. The molecule has 0 aliphatic carbocycles. The molecule has 7 nitrogen and oxygen atoms in total. The number of nitrogens with one attached hydrogen (secondary N) is 1. The van der Waals surface area contributed by atoms with E-state index in [4.69, 9.17) is 9.47 Å². The predicted molar refractivity (Wildman–Crippen MR) is 103 cm³/mol. The molecule has 1 heterocycles. The number of aryl methyl sites for hydroxylation is 2. The quantitative estimate of drug-likeness (QED) is 0.849. The lowest BCUT2D eigenvalue weighted by Crippen LogP contribution is -2.35. The van der Waals surface area contributed by atoms with E-state index in [-0.39, 0.29) is 23.1 Å². The van der Waals surface area contributed by atoms with Gasteiger partial charge in [-0.05, 0) is 56.2 Å². The standard InChI is InChI=1S/C19H22N2O5S/c1-5-25-16-9-13(3)17(10-12(16)2)27(23,24)20-14-7-6-8-15-19(14)26-11-18(22)21(15)4/h6-10,20H,5,11H2,1-4H3. The van der Waals surface area contributed by atoms with E-state index in [1.807, 2.05) is 6.92 Å². The van der Waals surface area contributed by atoms with Gasteiger partial charge < -0.3 is 14.4 Å². The molecule has 1 amide bonds. The minimum absolute atomic E-state index is 0.135. The van der Waals surface area contributed by atoms with E-state index >= 15 is 0 Å². The van der Waals surface area contributed by atoms with Crippen LogP contribution in [0.5, 0.6) is 11.5 Å². The first-order chi connectivity index (χ1) is 12.7. The second-order valence-electron chi connectivity index (χ2n) is 6.32. The number of fused-ring (bicyclic) bond motifs is 1. The van der Waals surface area contributed by atoms with E-state index in [0.717, 1.165) is 5.56 Å². The fraction of sp³-hybridized carbons (Fsp3) is 0.316. The van der Waals surface area contributed by atoms with Gasteiger partial charge in [0, 0.05) is 7.05 Å². The van der Waals surface area contributed by atoms with Crippen molar-refractivity contribution in [2.24, 2.45) is 0 Å². The first-order valence-corrected chi connectivity index (χ1v) is 10.0. The Morgan fingerprint density at radius 3 is 2.67 bits per heavy atom. The van der Waals surface area contributed by atoms with Gasteiger partial charge in [0.2, 0.25) is 0 Å². The van der Waals surface area contributed by atoms with Crippen molar-refractivity contribution in [3.8, 4) is 11.5 Å². The SMILES string of the molecule is CCOc1cc(C)c(S(=O)(=O)Nc2cccc3c2OCC(=O)N3C)cc1C. The van der Waals surface area contributed by atoms with Gasteiger partial charge >= 0.3 is 0 Å². The monoisotopic (exact) mass is 390 g/mol. The second kappa shape index (κ2) is 7.11. The molecule has 1 aliphatic heterocycles. The van der Waals surface area contributed by atoms with Crippen molar-refractivity contribution in [1.82, 2.24) is 0 Å². The average molecular weight is 390 g/mol. The molecule has 8 heteroatoms. The first kappa shape index (κ1) is 19.0. The number of carbonyl (C=O) groups is 1. The molecule has 144 valence electrons. The van der Waals surface area contributed by atoms with Crippen molar-refractivity contribution >= 4 is 27.3 Å². The second-order valence-corrected chi connectivity index (χ2v) is 7.97. The zero-order valence-corrected chi connectivity index (χ0v) is 16.5. The van der Waals surface area contributed by atoms with Crippen molar-refractivity contribution in [2.45, 2.75) is 25.7 Å². The summed E-state index contributed by atoms with van der Waals surface area (Å²) in [6.07, 6.45) is 0. The molecule has 27 heavy (non-hydrogen) atoms. The predicted octanol–water partition coefficient (Wildman–Crippen LogP) is 2.86. The van der Waals surface area contributed by atoms with Gasteiger partial charge in [-0.15, -0.1) is 0 Å². The number of para-hydroxylation sites is 1. The lowest BCUT2D eigenvalue weighted by Gasteiger charge is -2.27. The molecular formula is C19H22N2O5S. The van der Waals surface area contributed by atoms with Crippen LogP contribution in [0, 0.1) is 13.8 Å². The van der Waals surface area contributed by atoms with Gasteiger partial charge in [0.1, 0.15) is 5.75 Å². The lowest BCUT2D eigenvalue weighted by molar-refractivity contribution is -0.120. The van der Waals surface area contributed by atoms with E-state index in [0.29, 0.717) is 29.4 Å². The lowest BCUT2D eigenvalue weighted by atomic mass is 10.1. The molecule has 0 aromatic heterocycles. The van der Waals surface area contributed by atoms with E-state index in [9.17, 15) is 13.2 Å². The van der Waals surface area contributed by atoms with Gasteiger partial charge in [-0.3, -0.25) is 9.52 Å².